The van der Waals surface area contributed by atoms with Crippen LogP contribution in [-0.2, 0) is 6.42 Å². The van der Waals surface area contributed by atoms with Crippen molar-refractivity contribution in [3.8, 4) is 0 Å². The molecule has 1 unspecified atom stereocenters. The molecule has 0 spiro atoms. The van der Waals surface area contributed by atoms with Gasteiger partial charge in [0.25, 0.3) is 5.69 Å². The zero-order valence-corrected chi connectivity index (χ0v) is 15.7. The summed E-state index contributed by atoms with van der Waals surface area (Å²) in [4.78, 5) is 31.2. The van der Waals surface area contributed by atoms with E-state index in [1.807, 2.05) is 0 Å². The molecule has 4 rings (SSSR count). The van der Waals surface area contributed by atoms with Crippen molar-refractivity contribution in [2.45, 2.75) is 25.7 Å². The molecule has 2 heterocycles. The summed E-state index contributed by atoms with van der Waals surface area (Å²) in [5, 5.41) is 22.0. The van der Waals surface area contributed by atoms with Gasteiger partial charge in [0.2, 0.25) is 0 Å². The number of non-ortho nitro benzene ring substituents is 1. The summed E-state index contributed by atoms with van der Waals surface area (Å²) in [6.45, 7) is 6.55. The van der Waals surface area contributed by atoms with Crippen LogP contribution < -0.4 is 10.2 Å². The van der Waals surface area contributed by atoms with Crippen molar-refractivity contribution in [3.63, 3.8) is 0 Å². The number of anilines is 1. The molecule has 1 aliphatic heterocycles. The molecule has 148 valence electrons. The number of rotatable bonds is 3. The average molecular weight is 385 g/mol. The number of nitro groups is 1. The third kappa shape index (κ3) is 4.42. The number of hydrogen-bond donors (Lipinski definition) is 2. The van der Waals surface area contributed by atoms with E-state index in [4.69, 9.17) is 5.11 Å². The van der Waals surface area contributed by atoms with Crippen LogP contribution in [0.15, 0.2) is 30.6 Å². The van der Waals surface area contributed by atoms with E-state index >= 15 is 0 Å². The van der Waals surface area contributed by atoms with Crippen molar-refractivity contribution in [1.82, 2.24) is 15.3 Å². The summed E-state index contributed by atoms with van der Waals surface area (Å²) >= 11 is 0. The van der Waals surface area contributed by atoms with Crippen LogP contribution in [0.4, 0.5) is 11.5 Å². The fourth-order valence-corrected chi connectivity index (χ4v) is 3.48. The van der Waals surface area contributed by atoms with E-state index in [0.29, 0.717) is 5.92 Å². The summed E-state index contributed by atoms with van der Waals surface area (Å²) < 4.78 is 0. The monoisotopic (exact) mass is 385 g/mol. The molecule has 0 radical (unpaired) electrons. The first-order valence-corrected chi connectivity index (χ1v) is 9.24. The van der Waals surface area contributed by atoms with Crippen molar-refractivity contribution < 1.29 is 14.8 Å². The second-order valence-electron chi connectivity index (χ2n) is 6.84. The second kappa shape index (κ2) is 8.75. The summed E-state index contributed by atoms with van der Waals surface area (Å²) in [7, 11) is 0. The van der Waals surface area contributed by atoms with Gasteiger partial charge in [-0.1, -0.05) is 6.92 Å². The predicted molar refractivity (Wildman–Crippen MR) is 104 cm³/mol. The minimum absolute atomic E-state index is 0.0422. The number of carboxylic acids is 1. The Hall–Kier alpha value is -3.07. The lowest BCUT2D eigenvalue weighted by molar-refractivity contribution is -0.384. The van der Waals surface area contributed by atoms with Crippen molar-refractivity contribution >= 4 is 17.5 Å². The van der Waals surface area contributed by atoms with Crippen molar-refractivity contribution in [1.29, 1.82) is 0 Å². The SMILES string of the molecule is CC1CCc2ncnc(N3CCNCC3)c21.O=C(O)c1ccc([N+](=O)[O-])cc1. The number of nitrogens with zero attached hydrogens (tertiary/aromatic N) is 4. The maximum atomic E-state index is 10.3. The van der Waals surface area contributed by atoms with Gasteiger partial charge >= 0.3 is 5.97 Å². The first-order chi connectivity index (χ1) is 13.5. The molecular weight excluding hydrogens is 362 g/mol. The van der Waals surface area contributed by atoms with Gasteiger partial charge in [-0.15, -0.1) is 0 Å². The Morgan fingerprint density at radius 3 is 2.54 bits per heavy atom. The van der Waals surface area contributed by atoms with Gasteiger partial charge in [-0.25, -0.2) is 14.8 Å². The van der Waals surface area contributed by atoms with Crippen molar-refractivity contribution in [3.05, 3.63) is 57.5 Å². The van der Waals surface area contributed by atoms with E-state index in [9.17, 15) is 14.9 Å². The molecule has 1 aromatic heterocycles. The number of aromatic nitrogens is 2. The Bertz CT molecular complexity index is 817. The maximum absolute atomic E-state index is 10.3. The molecule has 1 aromatic carbocycles. The van der Waals surface area contributed by atoms with Crippen LogP contribution in [-0.4, -0.2) is 52.1 Å². The minimum Gasteiger partial charge on any atom is -0.478 e. The molecule has 9 heteroatoms. The first kappa shape index (κ1) is 19.7. The number of aryl methyl sites for hydroxylation is 1. The fraction of sp³-hybridized carbons (Fsp3) is 0.421. The maximum Gasteiger partial charge on any atom is 0.335 e. The van der Waals surface area contributed by atoms with Gasteiger partial charge in [0.15, 0.2) is 0 Å². The third-order valence-corrected chi connectivity index (χ3v) is 4.99. The molecule has 1 atom stereocenters. The lowest BCUT2D eigenvalue weighted by atomic mass is 10.1. The average Bonchev–Trinajstić information content (AvgIpc) is 3.10. The van der Waals surface area contributed by atoms with Crippen LogP contribution in [0.2, 0.25) is 0 Å². The number of benzene rings is 1. The molecule has 0 saturated carbocycles. The Morgan fingerprint density at radius 2 is 1.93 bits per heavy atom. The molecule has 1 aliphatic carbocycles. The largest absolute Gasteiger partial charge is 0.478 e. The highest BCUT2D eigenvalue weighted by Crippen LogP contribution is 2.36. The van der Waals surface area contributed by atoms with Crippen LogP contribution in [0.5, 0.6) is 0 Å². The van der Waals surface area contributed by atoms with Crippen LogP contribution in [0.25, 0.3) is 0 Å². The van der Waals surface area contributed by atoms with Gasteiger partial charge in [0.05, 0.1) is 10.5 Å². The van der Waals surface area contributed by atoms with Gasteiger partial charge in [0, 0.05) is 49.6 Å². The zero-order valence-electron chi connectivity index (χ0n) is 15.7. The summed E-state index contributed by atoms with van der Waals surface area (Å²) in [6, 6.07) is 4.70. The molecule has 2 aromatic rings. The molecule has 0 amide bonds. The van der Waals surface area contributed by atoms with E-state index < -0.39 is 10.9 Å². The van der Waals surface area contributed by atoms with E-state index in [0.717, 1.165) is 44.7 Å². The lowest BCUT2D eigenvalue weighted by Crippen LogP contribution is -2.44. The quantitative estimate of drug-likeness (QED) is 0.609. The number of nitro benzene ring substituents is 1. The van der Waals surface area contributed by atoms with Gasteiger partial charge in [0.1, 0.15) is 12.1 Å². The molecule has 1 saturated heterocycles. The van der Waals surface area contributed by atoms with Crippen LogP contribution in [0.1, 0.15) is 40.9 Å². The molecule has 2 aliphatic rings. The van der Waals surface area contributed by atoms with Crippen LogP contribution in [0.3, 0.4) is 0 Å². The van der Waals surface area contributed by atoms with Crippen LogP contribution >= 0.6 is 0 Å². The molecule has 28 heavy (non-hydrogen) atoms. The number of aromatic carboxylic acids is 1. The zero-order chi connectivity index (χ0) is 20.1. The standard InChI is InChI=1S/C12H18N4.C7H5NO4/c1-9-2-3-10-11(9)12(15-8-14-10)16-6-4-13-5-7-16;9-7(10)5-1-3-6(4-2-5)8(11)12/h8-9,13H,2-7H2,1H3;1-4H,(H,9,10). The Labute approximate surface area is 162 Å². The summed E-state index contributed by atoms with van der Waals surface area (Å²) in [5.74, 6) is 0.725. The van der Waals surface area contributed by atoms with Crippen molar-refractivity contribution in [2.75, 3.05) is 31.1 Å². The van der Waals surface area contributed by atoms with E-state index in [1.165, 1.54) is 35.6 Å². The number of hydrogen-bond acceptors (Lipinski definition) is 7. The molecule has 2 N–H and O–H groups in total. The molecular formula is C19H23N5O4. The van der Waals surface area contributed by atoms with Gasteiger partial charge < -0.3 is 15.3 Å². The third-order valence-electron chi connectivity index (χ3n) is 4.99. The van der Waals surface area contributed by atoms with Gasteiger partial charge in [-0.2, -0.15) is 0 Å². The molecule has 1 fully saturated rings. The Kier molecular flexibility index (Phi) is 6.15. The topological polar surface area (TPSA) is 121 Å². The number of nitrogens with one attached hydrogen (secondary N) is 1. The van der Waals surface area contributed by atoms with Gasteiger partial charge in [-0.05, 0) is 30.9 Å². The van der Waals surface area contributed by atoms with Crippen molar-refractivity contribution in [2.24, 2.45) is 0 Å². The number of fused-ring (bicyclic) bond motifs is 1. The normalized spacial score (nSPS) is 18.0. The highest BCUT2D eigenvalue weighted by atomic mass is 16.6. The summed E-state index contributed by atoms with van der Waals surface area (Å²) in [5.41, 5.74) is 2.61. The number of piperazine rings is 1. The molecule has 9 nitrogen and oxygen atoms in total. The van der Waals surface area contributed by atoms with E-state index in [1.54, 1.807) is 6.33 Å². The van der Waals surface area contributed by atoms with Gasteiger partial charge in [-0.3, -0.25) is 10.1 Å². The Balaban J connectivity index is 0.000000169. The highest BCUT2D eigenvalue weighted by Gasteiger charge is 2.27. The Morgan fingerprint density at radius 1 is 1.25 bits per heavy atom. The number of carbonyl (C=O) groups is 1. The summed E-state index contributed by atoms with van der Waals surface area (Å²) in [6.07, 6.45) is 4.08. The smallest absolute Gasteiger partial charge is 0.335 e. The van der Waals surface area contributed by atoms with E-state index in [-0.39, 0.29) is 11.3 Å². The fourth-order valence-electron chi connectivity index (χ4n) is 3.48. The first-order valence-electron chi connectivity index (χ1n) is 9.24. The second-order valence-corrected chi connectivity index (χ2v) is 6.84. The predicted octanol–water partition coefficient (Wildman–Crippen LogP) is 2.23. The number of carboxylic acid groups (broad SMARTS) is 1. The molecule has 0 bridgehead atoms. The van der Waals surface area contributed by atoms with E-state index in [2.05, 4.69) is 27.1 Å². The highest BCUT2D eigenvalue weighted by molar-refractivity contribution is 5.87. The lowest BCUT2D eigenvalue weighted by Gasteiger charge is -2.30. The van der Waals surface area contributed by atoms with Crippen LogP contribution in [0, 0.1) is 10.1 Å². The minimum atomic E-state index is -1.09.